The summed E-state index contributed by atoms with van der Waals surface area (Å²) in [5.74, 6) is 2.75. The number of carbonyl (C=O) groups excluding carboxylic acids is 1. The summed E-state index contributed by atoms with van der Waals surface area (Å²) in [6.45, 7) is 4.95. The second kappa shape index (κ2) is 4.11. The van der Waals surface area contributed by atoms with E-state index in [4.69, 9.17) is 0 Å². The number of hydrogen-bond donors (Lipinski definition) is 1. The molecule has 1 heterocycles. The topological polar surface area (TPSA) is 29.1 Å². The minimum absolute atomic E-state index is 0.118. The Labute approximate surface area is 122 Å². The van der Waals surface area contributed by atoms with E-state index in [1.165, 1.54) is 44.9 Å². The Balaban J connectivity index is 1.68. The number of amides is 1. The first-order valence-corrected chi connectivity index (χ1v) is 8.53. The van der Waals surface area contributed by atoms with Gasteiger partial charge in [0.15, 0.2) is 0 Å². The van der Waals surface area contributed by atoms with Gasteiger partial charge in [0.1, 0.15) is 0 Å². The van der Waals surface area contributed by atoms with Crippen LogP contribution in [0.5, 0.6) is 0 Å². The zero-order valence-electron chi connectivity index (χ0n) is 12.8. The number of carbonyl (C=O) groups is 1. The first kappa shape index (κ1) is 12.9. The Bertz CT molecular complexity index is 470. The zero-order chi connectivity index (χ0) is 14.0. The van der Waals surface area contributed by atoms with E-state index in [-0.39, 0.29) is 11.3 Å². The van der Waals surface area contributed by atoms with E-state index in [2.05, 4.69) is 25.2 Å². The van der Waals surface area contributed by atoms with Gasteiger partial charge in [0, 0.05) is 11.5 Å². The molecule has 0 saturated heterocycles. The molecule has 3 saturated carbocycles. The van der Waals surface area contributed by atoms with E-state index in [9.17, 15) is 4.79 Å². The highest BCUT2D eigenvalue weighted by Gasteiger charge is 2.57. The van der Waals surface area contributed by atoms with Crippen LogP contribution < -0.4 is 5.32 Å². The van der Waals surface area contributed by atoms with Gasteiger partial charge in [-0.05, 0) is 67.8 Å². The van der Waals surface area contributed by atoms with Crippen molar-refractivity contribution in [2.24, 2.45) is 28.6 Å². The maximum absolute atomic E-state index is 11.7. The Morgan fingerprint density at radius 1 is 1.10 bits per heavy atom. The molecule has 0 aromatic heterocycles. The van der Waals surface area contributed by atoms with Gasteiger partial charge in [-0.15, -0.1) is 0 Å². The van der Waals surface area contributed by atoms with Crippen LogP contribution in [0, 0.1) is 28.6 Å². The van der Waals surface area contributed by atoms with Gasteiger partial charge in [-0.2, -0.15) is 0 Å². The van der Waals surface area contributed by atoms with Crippen LogP contribution in [0.15, 0.2) is 12.2 Å². The second-order valence-electron chi connectivity index (χ2n) is 8.30. The molecule has 2 heteroatoms. The standard InChI is InChI=1S/C18H27NO/c1-17-9-3-4-13(17)12-5-6-15-18(2,14(12)7-10-17)11-8-16(20)19-15/h8,11-15H,3-7,9-10H2,1-2H3,(H,19,20)/t12-,13-,14+,15?,17-,18+/m0/s1. The number of nitrogens with one attached hydrogen (secondary N) is 1. The lowest BCUT2D eigenvalue weighted by molar-refractivity contribution is -0.122. The summed E-state index contributed by atoms with van der Waals surface area (Å²) in [4.78, 5) is 11.7. The monoisotopic (exact) mass is 273 g/mol. The molecule has 0 spiro atoms. The van der Waals surface area contributed by atoms with Gasteiger partial charge in [0.25, 0.3) is 0 Å². The molecular weight excluding hydrogens is 246 g/mol. The van der Waals surface area contributed by atoms with Gasteiger partial charge in [-0.3, -0.25) is 4.79 Å². The summed E-state index contributed by atoms with van der Waals surface area (Å²) in [5, 5.41) is 3.24. The maximum atomic E-state index is 11.7. The van der Waals surface area contributed by atoms with Crippen molar-refractivity contribution in [3.05, 3.63) is 12.2 Å². The predicted molar refractivity (Wildman–Crippen MR) is 80.1 cm³/mol. The molecule has 3 aliphatic carbocycles. The van der Waals surface area contributed by atoms with Gasteiger partial charge in [-0.1, -0.05) is 26.3 Å². The normalized spacial score (nSPS) is 53.8. The van der Waals surface area contributed by atoms with Crippen molar-refractivity contribution in [3.8, 4) is 0 Å². The summed E-state index contributed by atoms with van der Waals surface area (Å²) < 4.78 is 0. The molecule has 4 rings (SSSR count). The highest BCUT2D eigenvalue weighted by molar-refractivity contribution is 5.89. The van der Waals surface area contributed by atoms with E-state index in [0.29, 0.717) is 11.5 Å². The van der Waals surface area contributed by atoms with Crippen LogP contribution in [0.2, 0.25) is 0 Å². The molecule has 1 aliphatic heterocycles. The van der Waals surface area contributed by atoms with Gasteiger partial charge >= 0.3 is 0 Å². The van der Waals surface area contributed by atoms with Crippen LogP contribution in [0.4, 0.5) is 0 Å². The third-order valence-electron chi connectivity index (χ3n) is 7.47. The molecule has 1 N–H and O–H groups in total. The van der Waals surface area contributed by atoms with Crippen molar-refractivity contribution in [2.45, 2.75) is 64.8 Å². The van der Waals surface area contributed by atoms with Crippen molar-refractivity contribution < 1.29 is 4.79 Å². The number of hydrogen-bond acceptors (Lipinski definition) is 1. The Hall–Kier alpha value is -0.790. The molecule has 1 unspecified atom stereocenters. The summed E-state index contributed by atoms with van der Waals surface area (Å²) in [5.41, 5.74) is 0.840. The van der Waals surface area contributed by atoms with Crippen LogP contribution >= 0.6 is 0 Å². The van der Waals surface area contributed by atoms with Gasteiger partial charge in [0.2, 0.25) is 5.91 Å². The smallest absolute Gasteiger partial charge is 0.243 e. The fourth-order valence-corrected chi connectivity index (χ4v) is 6.33. The fraction of sp³-hybridized carbons (Fsp3) is 0.833. The molecule has 3 fully saturated rings. The lowest BCUT2D eigenvalue weighted by Gasteiger charge is -2.58. The van der Waals surface area contributed by atoms with Crippen LogP contribution in [0.1, 0.15) is 58.8 Å². The van der Waals surface area contributed by atoms with Crippen molar-refractivity contribution in [3.63, 3.8) is 0 Å². The third-order valence-corrected chi connectivity index (χ3v) is 7.47. The van der Waals surface area contributed by atoms with Crippen LogP contribution in [0.25, 0.3) is 0 Å². The molecule has 4 aliphatic rings. The van der Waals surface area contributed by atoms with E-state index >= 15 is 0 Å². The van der Waals surface area contributed by atoms with E-state index < -0.39 is 0 Å². The average Bonchev–Trinajstić information content (AvgIpc) is 2.81. The van der Waals surface area contributed by atoms with E-state index in [1.807, 2.05) is 0 Å². The Kier molecular flexibility index (Phi) is 2.66. The second-order valence-corrected chi connectivity index (χ2v) is 8.30. The third kappa shape index (κ3) is 1.60. The molecule has 110 valence electrons. The van der Waals surface area contributed by atoms with Gasteiger partial charge in [0.05, 0.1) is 0 Å². The molecule has 0 aromatic carbocycles. The van der Waals surface area contributed by atoms with Crippen LogP contribution in [-0.4, -0.2) is 11.9 Å². The van der Waals surface area contributed by atoms with Crippen molar-refractivity contribution in [1.29, 1.82) is 0 Å². The van der Waals surface area contributed by atoms with Crippen molar-refractivity contribution >= 4 is 5.91 Å². The molecule has 0 bridgehead atoms. The fourth-order valence-electron chi connectivity index (χ4n) is 6.33. The van der Waals surface area contributed by atoms with Gasteiger partial charge < -0.3 is 5.32 Å². The first-order chi connectivity index (χ1) is 9.53. The number of rotatable bonds is 0. The quantitative estimate of drug-likeness (QED) is 0.717. The molecule has 6 atom stereocenters. The summed E-state index contributed by atoms with van der Waals surface area (Å²) in [6, 6.07) is 0.381. The molecule has 0 radical (unpaired) electrons. The summed E-state index contributed by atoms with van der Waals surface area (Å²) >= 11 is 0. The lowest BCUT2D eigenvalue weighted by Crippen LogP contribution is -2.58. The molecule has 0 aromatic rings. The first-order valence-electron chi connectivity index (χ1n) is 8.53. The number of fused-ring (bicyclic) bond motifs is 5. The zero-order valence-corrected chi connectivity index (χ0v) is 12.8. The average molecular weight is 273 g/mol. The highest BCUT2D eigenvalue weighted by atomic mass is 16.1. The summed E-state index contributed by atoms with van der Waals surface area (Å²) in [7, 11) is 0. The van der Waals surface area contributed by atoms with Crippen molar-refractivity contribution in [2.75, 3.05) is 0 Å². The SMILES string of the molecule is C[C@@]12CCC[C@H]1[C@@H]1CCC3NC(=O)C=C[C@]3(C)[C@@H]1CC2. The lowest BCUT2D eigenvalue weighted by atomic mass is 9.49. The van der Waals surface area contributed by atoms with Crippen LogP contribution in [0.3, 0.4) is 0 Å². The Morgan fingerprint density at radius 3 is 2.80 bits per heavy atom. The van der Waals surface area contributed by atoms with Crippen molar-refractivity contribution in [1.82, 2.24) is 5.32 Å². The molecule has 1 amide bonds. The van der Waals surface area contributed by atoms with E-state index in [1.54, 1.807) is 6.08 Å². The molecular formula is C18H27NO. The van der Waals surface area contributed by atoms with Crippen LogP contribution in [-0.2, 0) is 4.79 Å². The molecule has 20 heavy (non-hydrogen) atoms. The maximum Gasteiger partial charge on any atom is 0.243 e. The molecule has 2 nitrogen and oxygen atoms in total. The summed E-state index contributed by atoms with van der Waals surface area (Å²) in [6.07, 6.45) is 13.7. The van der Waals surface area contributed by atoms with E-state index in [0.717, 1.165) is 17.8 Å². The minimum atomic E-state index is 0.118. The highest BCUT2D eigenvalue weighted by Crippen LogP contribution is 2.63. The van der Waals surface area contributed by atoms with Gasteiger partial charge in [-0.25, -0.2) is 0 Å². The minimum Gasteiger partial charge on any atom is -0.349 e. The largest absolute Gasteiger partial charge is 0.349 e. The predicted octanol–water partition coefficient (Wildman–Crippen LogP) is 3.67. The Morgan fingerprint density at radius 2 is 1.95 bits per heavy atom.